The quantitative estimate of drug-likeness (QED) is 0.863. The van der Waals surface area contributed by atoms with Crippen molar-refractivity contribution in [1.82, 2.24) is 5.32 Å². The number of hydrogen-bond donors (Lipinski definition) is 2. The minimum atomic E-state index is -1.07. The Morgan fingerprint density at radius 3 is 2.53 bits per heavy atom. The van der Waals surface area contributed by atoms with Gasteiger partial charge < -0.3 is 5.11 Å². The molecule has 0 fully saturated rings. The van der Waals surface area contributed by atoms with Gasteiger partial charge in [0.1, 0.15) is 0 Å². The highest BCUT2D eigenvalue weighted by atomic mass is 16.4. The predicted octanol–water partition coefficient (Wildman–Crippen LogP) is 1.53. The lowest BCUT2D eigenvalue weighted by Gasteiger charge is -2.17. The van der Waals surface area contributed by atoms with Gasteiger partial charge >= 0.3 is 12.0 Å². The molecule has 0 radical (unpaired) electrons. The number of aliphatic carboxylic acids is 1. The van der Waals surface area contributed by atoms with Crippen molar-refractivity contribution in [2.75, 3.05) is 11.9 Å². The number of amides is 3. The van der Waals surface area contributed by atoms with Gasteiger partial charge in [0.05, 0.1) is 6.42 Å². The van der Waals surface area contributed by atoms with E-state index in [2.05, 4.69) is 5.32 Å². The van der Waals surface area contributed by atoms with Crippen molar-refractivity contribution in [2.45, 2.75) is 19.8 Å². The first-order valence-electron chi connectivity index (χ1n) is 5.76. The maximum Gasteiger partial charge on any atom is 0.328 e. The van der Waals surface area contributed by atoms with Crippen LogP contribution in [-0.4, -0.2) is 30.1 Å². The van der Waals surface area contributed by atoms with Gasteiger partial charge in [0.2, 0.25) is 5.91 Å². The second-order valence-corrected chi connectivity index (χ2v) is 4.15. The molecule has 0 unspecified atom stereocenters. The molecule has 6 heteroatoms. The summed E-state index contributed by atoms with van der Waals surface area (Å²) in [7, 11) is 1.54. The van der Waals surface area contributed by atoms with Crippen molar-refractivity contribution in [1.29, 1.82) is 0 Å². The Morgan fingerprint density at radius 1 is 1.26 bits per heavy atom. The van der Waals surface area contributed by atoms with Crippen LogP contribution in [0.1, 0.15) is 18.4 Å². The Labute approximate surface area is 111 Å². The average molecular weight is 264 g/mol. The van der Waals surface area contributed by atoms with Crippen LogP contribution in [0.5, 0.6) is 0 Å². The Morgan fingerprint density at radius 2 is 1.95 bits per heavy atom. The lowest BCUT2D eigenvalue weighted by atomic mass is 10.2. The van der Waals surface area contributed by atoms with Crippen LogP contribution in [0.2, 0.25) is 0 Å². The molecule has 0 aliphatic heterocycles. The number of benzene rings is 1. The van der Waals surface area contributed by atoms with Crippen LogP contribution in [0.15, 0.2) is 24.3 Å². The number of rotatable bonds is 4. The number of nitrogens with one attached hydrogen (secondary N) is 1. The Hall–Kier alpha value is -2.37. The molecule has 1 aromatic carbocycles. The molecule has 6 nitrogen and oxygen atoms in total. The van der Waals surface area contributed by atoms with Crippen LogP contribution < -0.4 is 10.2 Å². The van der Waals surface area contributed by atoms with E-state index in [0.29, 0.717) is 5.69 Å². The first-order valence-corrected chi connectivity index (χ1v) is 5.76. The molecule has 0 aliphatic carbocycles. The lowest BCUT2D eigenvalue weighted by Crippen LogP contribution is -2.40. The first kappa shape index (κ1) is 14.7. The van der Waals surface area contributed by atoms with E-state index >= 15 is 0 Å². The van der Waals surface area contributed by atoms with Gasteiger partial charge in [-0.2, -0.15) is 0 Å². The van der Waals surface area contributed by atoms with E-state index in [0.717, 1.165) is 5.56 Å². The smallest absolute Gasteiger partial charge is 0.328 e. The molecule has 0 aliphatic rings. The molecule has 0 bridgehead atoms. The number of nitrogens with zero attached hydrogens (tertiary/aromatic N) is 1. The summed E-state index contributed by atoms with van der Waals surface area (Å²) < 4.78 is 0. The maximum absolute atomic E-state index is 11.8. The maximum atomic E-state index is 11.8. The van der Waals surface area contributed by atoms with Crippen LogP contribution in [-0.2, 0) is 9.59 Å². The van der Waals surface area contributed by atoms with Crippen molar-refractivity contribution in [3.8, 4) is 0 Å². The third-order valence-electron chi connectivity index (χ3n) is 2.51. The number of carboxylic acid groups (broad SMARTS) is 1. The van der Waals surface area contributed by atoms with Crippen molar-refractivity contribution in [3.05, 3.63) is 29.8 Å². The van der Waals surface area contributed by atoms with Crippen molar-refractivity contribution in [3.63, 3.8) is 0 Å². The van der Waals surface area contributed by atoms with Crippen LogP contribution in [0.3, 0.4) is 0 Å². The lowest BCUT2D eigenvalue weighted by molar-refractivity contribution is -0.138. The van der Waals surface area contributed by atoms with Gasteiger partial charge in [0.25, 0.3) is 0 Å². The molecular formula is C13H16N2O4. The summed E-state index contributed by atoms with van der Waals surface area (Å²) >= 11 is 0. The number of carbonyl (C=O) groups excluding carboxylic acids is 2. The van der Waals surface area contributed by atoms with Gasteiger partial charge in [0, 0.05) is 19.2 Å². The summed E-state index contributed by atoms with van der Waals surface area (Å²) in [5.41, 5.74) is 1.65. The number of aryl methyl sites for hydroxylation is 1. The van der Waals surface area contributed by atoms with E-state index in [9.17, 15) is 14.4 Å². The number of carboxylic acids is 1. The third kappa shape index (κ3) is 4.79. The molecular weight excluding hydrogens is 248 g/mol. The molecule has 1 aromatic rings. The zero-order valence-corrected chi connectivity index (χ0v) is 10.8. The fourth-order valence-corrected chi connectivity index (χ4v) is 1.44. The van der Waals surface area contributed by atoms with E-state index in [1.165, 1.54) is 11.9 Å². The van der Waals surface area contributed by atoms with Crippen molar-refractivity contribution >= 4 is 23.6 Å². The Kier molecular flexibility index (Phi) is 5.05. The van der Waals surface area contributed by atoms with E-state index < -0.39 is 17.9 Å². The van der Waals surface area contributed by atoms with E-state index in [1.54, 1.807) is 18.2 Å². The normalized spacial score (nSPS) is 9.79. The van der Waals surface area contributed by atoms with Gasteiger partial charge in [-0.15, -0.1) is 0 Å². The third-order valence-corrected chi connectivity index (χ3v) is 2.51. The van der Waals surface area contributed by atoms with Crippen LogP contribution in [0.25, 0.3) is 0 Å². The largest absolute Gasteiger partial charge is 0.481 e. The predicted molar refractivity (Wildman–Crippen MR) is 70.0 cm³/mol. The summed E-state index contributed by atoms with van der Waals surface area (Å²) in [6.45, 7) is 1.90. The topological polar surface area (TPSA) is 86.7 Å². The van der Waals surface area contributed by atoms with Crippen LogP contribution >= 0.6 is 0 Å². The van der Waals surface area contributed by atoms with Crippen LogP contribution in [0.4, 0.5) is 10.5 Å². The number of carbonyl (C=O) groups is 3. The van der Waals surface area contributed by atoms with Gasteiger partial charge in [-0.05, 0) is 24.6 Å². The summed E-state index contributed by atoms with van der Waals surface area (Å²) in [4.78, 5) is 34.7. The molecule has 102 valence electrons. The summed E-state index contributed by atoms with van der Waals surface area (Å²) in [5, 5.41) is 10.6. The SMILES string of the molecule is Cc1cccc(N(C)C(=O)NC(=O)CCC(=O)O)c1. The average Bonchev–Trinajstić information content (AvgIpc) is 2.35. The zero-order chi connectivity index (χ0) is 14.4. The highest BCUT2D eigenvalue weighted by molar-refractivity contribution is 6.02. The van der Waals surface area contributed by atoms with Crippen molar-refractivity contribution < 1.29 is 19.5 Å². The molecule has 0 spiro atoms. The molecule has 0 atom stereocenters. The molecule has 0 aromatic heterocycles. The van der Waals surface area contributed by atoms with E-state index in [1.807, 2.05) is 13.0 Å². The van der Waals surface area contributed by atoms with E-state index in [4.69, 9.17) is 5.11 Å². The fraction of sp³-hybridized carbons (Fsp3) is 0.308. The summed E-state index contributed by atoms with van der Waals surface area (Å²) in [6.07, 6.45) is -0.518. The summed E-state index contributed by atoms with van der Waals surface area (Å²) in [6, 6.07) is 6.67. The highest BCUT2D eigenvalue weighted by Gasteiger charge is 2.14. The molecule has 0 heterocycles. The summed E-state index contributed by atoms with van der Waals surface area (Å²) in [5.74, 6) is -1.68. The second kappa shape index (κ2) is 6.53. The number of urea groups is 1. The molecule has 0 saturated heterocycles. The highest BCUT2D eigenvalue weighted by Crippen LogP contribution is 2.14. The molecule has 0 saturated carbocycles. The second-order valence-electron chi connectivity index (χ2n) is 4.15. The van der Waals surface area contributed by atoms with Gasteiger partial charge in [-0.1, -0.05) is 12.1 Å². The molecule has 19 heavy (non-hydrogen) atoms. The molecule has 2 N–H and O–H groups in total. The molecule has 3 amide bonds. The minimum absolute atomic E-state index is 0.220. The Balaban J connectivity index is 2.58. The van der Waals surface area contributed by atoms with Crippen molar-refractivity contribution in [2.24, 2.45) is 0 Å². The molecule has 1 rings (SSSR count). The van der Waals surface area contributed by atoms with Crippen LogP contribution in [0, 0.1) is 6.92 Å². The monoisotopic (exact) mass is 264 g/mol. The first-order chi connectivity index (χ1) is 8.90. The van der Waals surface area contributed by atoms with E-state index in [-0.39, 0.29) is 12.8 Å². The fourth-order valence-electron chi connectivity index (χ4n) is 1.44. The van der Waals surface area contributed by atoms with Gasteiger partial charge in [0.15, 0.2) is 0 Å². The number of anilines is 1. The van der Waals surface area contributed by atoms with Gasteiger partial charge in [-0.25, -0.2) is 4.79 Å². The number of hydrogen-bond acceptors (Lipinski definition) is 3. The minimum Gasteiger partial charge on any atom is -0.481 e. The standard InChI is InChI=1S/C13H16N2O4/c1-9-4-3-5-10(8-9)15(2)13(19)14-11(16)6-7-12(17)18/h3-5,8H,6-7H2,1-2H3,(H,17,18)(H,14,16,19). The Bertz CT molecular complexity index is 499. The van der Waals surface area contributed by atoms with Gasteiger partial charge in [-0.3, -0.25) is 19.8 Å². The zero-order valence-electron chi connectivity index (χ0n) is 10.8. The number of imide groups is 1.